The van der Waals surface area contributed by atoms with Crippen LogP contribution in [0.2, 0.25) is 10.2 Å². The van der Waals surface area contributed by atoms with Crippen molar-refractivity contribution >= 4 is 34.7 Å². The molecule has 0 unspecified atom stereocenters. The van der Waals surface area contributed by atoms with E-state index >= 15 is 0 Å². The van der Waals surface area contributed by atoms with Crippen LogP contribution in [-0.4, -0.2) is 61.6 Å². The topological polar surface area (TPSA) is 80.3 Å². The Hall–Kier alpha value is -1.64. The Morgan fingerprint density at radius 1 is 1.08 bits per heavy atom. The van der Waals surface area contributed by atoms with Gasteiger partial charge in [-0.2, -0.15) is 0 Å². The Morgan fingerprint density at radius 3 is 2.53 bits per heavy atom. The van der Waals surface area contributed by atoms with Crippen LogP contribution >= 0.6 is 23.2 Å². The summed E-state index contributed by atoms with van der Waals surface area (Å²) < 4.78 is 10.8. The van der Waals surface area contributed by atoms with Crippen molar-refractivity contribution in [1.82, 2.24) is 15.3 Å². The number of rotatable bonds is 10. The van der Waals surface area contributed by atoms with Gasteiger partial charge in [0.25, 0.3) is 0 Å². The number of nitrogens with zero attached hydrogens (tertiary/aromatic N) is 2. The Balaban J connectivity index is 1.39. The van der Waals surface area contributed by atoms with Crippen molar-refractivity contribution in [2.75, 3.05) is 44.1 Å². The molecule has 1 saturated carbocycles. The number of hydrogen-bond acceptors (Lipinski definition) is 7. The van der Waals surface area contributed by atoms with E-state index in [9.17, 15) is 0 Å². The number of hydrogen-bond donors (Lipinski definition) is 3. The summed E-state index contributed by atoms with van der Waals surface area (Å²) in [5.74, 6) is 0.831. The monoisotopic (exact) mass is 535 g/mol. The van der Waals surface area contributed by atoms with E-state index in [2.05, 4.69) is 39.8 Å². The summed E-state index contributed by atoms with van der Waals surface area (Å²) >= 11 is 13.0. The molecule has 0 aromatic carbocycles. The van der Waals surface area contributed by atoms with E-state index in [0.29, 0.717) is 28.3 Å². The predicted molar refractivity (Wildman–Crippen MR) is 148 cm³/mol. The number of anilines is 2. The molecule has 4 rings (SSSR count). The Kier molecular flexibility index (Phi) is 9.70. The minimum Gasteiger partial charge on any atom is -0.383 e. The van der Waals surface area contributed by atoms with E-state index in [1.807, 2.05) is 12.1 Å². The molecule has 3 heterocycles. The van der Waals surface area contributed by atoms with Gasteiger partial charge in [-0.3, -0.25) is 0 Å². The summed E-state index contributed by atoms with van der Waals surface area (Å²) in [5, 5.41) is 11.9. The molecule has 1 atom stereocenters. The maximum absolute atomic E-state index is 6.58. The van der Waals surface area contributed by atoms with Gasteiger partial charge in [-0.05, 0) is 63.0 Å². The summed E-state index contributed by atoms with van der Waals surface area (Å²) in [4.78, 5) is 8.98. The first-order valence-corrected chi connectivity index (χ1v) is 13.8. The Morgan fingerprint density at radius 2 is 1.81 bits per heavy atom. The Bertz CT molecular complexity index is 994. The zero-order valence-electron chi connectivity index (χ0n) is 21.6. The number of nitrogens with one attached hydrogen (secondary N) is 3. The average Bonchev–Trinajstić information content (AvgIpc) is 2.87. The first-order valence-electron chi connectivity index (χ1n) is 13.0. The second-order valence-electron chi connectivity index (χ2n) is 10.6. The molecule has 1 aliphatic heterocycles. The molecule has 2 aromatic heterocycles. The number of ether oxygens (including phenoxy) is 2. The molecule has 2 aliphatic rings. The summed E-state index contributed by atoms with van der Waals surface area (Å²) in [6.45, 7) is 7.62. The van der Waals surface area contributed by atoms with Gasteiger partial charge in [-0.25, -0.2) is 9.97 Å². The number of halogens is 2. The summed E-state index contributed by atoms with van der Waals surface area (Å²) in [7, 11) is 1.75. The first-order chi connectivity index (χ1) is 17.3. The minimum atomic E-state index is 0.180. The van der Waals surface area contributed by atoms with Gasteiger partial charge in [0.05, 0.1) is 17.3 Å². The number of pyridine rings is 2. The number of methoxy groups -OCH3 is 1. The minimum absolute atomic E-state index is 0.180. The fraction of sp³-hybridized carbons (Fsp3) is 0.630. The lowest BCUT2D eigenvalue weighted by molar-refractivity contribution is 0.0300. The van der Waals surface area contributed by atoms with E-state index in [1.165, 1.54) is 0 Å². The molecule has 2 aromatic rings. The molecule has 2 fully saturated rings. The molecular formula is C27H39Cl2N5O2. The van der Waals surface area contributed by atoms with Crippen molar-refractivity contribution in [3.8, 4) is 11.1 Å². The predicted octanol–water partition coefficient (Wildman–Crippen LogP) is 6.03. The maximum Gasteiger partial charge on any atom is 0.152 e. The van der Waals surface area contributed by atoms with Crippen molar-refractivity contribution in [1.29, 1.82) is 0 Å². The van der Waals surface area contributed by atoms with Gasteiger partial charge >= 0.3 is 0 Å². The van der Waals surface area contributed by atoms with Gasteiger partial charge in [-0.15, -0.1) is 0 Å². The zero-order valence-corrected chi connectivity index (χ0v) is 23.1. The second kappa shape index (κ2) is 12.7. The maximum atomic E-state index is 6.58. The van der Waals surface area contributed by atoms with Crippen molar-refractivity contribution in [3.63, 3.8) is 0 Å². The molecular weight excluding hydrogens is 497 g/mol. The van der Waals surface area contributed by atoms with Gasteiger partial charge < -0.3 is 25.4 Å². The summed E-state index contributed by atoms with van der Waals surface area (Å²) in [6.07, 6.45) is 9.99. The second-order valence-corrected chi connectivity index (χ2v) is 11.4. The van der Waals surface area contributed by atoms with E-state index in [4.69, 9.17) is 32.7 Å². The number of aromatic nitrogens is 2. The van der Waals surface area contributed by atoms with Gasteiger partial charge in [0.2, 0.25) is 0 Å². The van der Waals surface area contributed by atoms with E-state index in [-0.39, 0.29) is 5.41 Å². The standard InChI is InChI=1S/C27H39Cl2N5O2/c1-18(16-35-3)33-20-4-6-21(7-5-20)34-25-13-22(23(28)15-30-25)19-12-24(26(29)31-14-19)32-17-27(2)8-10-36-11-9-27/h12-15,18,20-21,32-33H,4-11,16-17H2,1-3H3,(H,30,34)/t18-,20?,21?/m0/s1. The third kappa shape index (κ3) is 7.45. The highest BCUT2D eigenvalue weighted by Crippen LogP contribution is 2.35. The van der Waals surface area contributed by atoms with E-state index < -0.39 is 0 Å². The lowest BCUT2D eigenvalue weighted by Gasteiger charge is -2.34. The van der Waals surface area contributed by atoms with Crippen molar-refractivity contribution in [3.05, 3.63) is 34.7 Å². The molecule has 198 valence electrons. The van der Waals surface area contributed by atoms with Crippen LogP contribution in [-0.2, 0) is 9.47 Å². The normalized spacial score (nSPS) is 22.7. The molecule has 3 N–H and O–H groups in total. The first kappa shape index (κ1) is 27.4. The SMILES string of the molecule is COC[C@H](C)NC1CCC(Nc2cc(-c3cnc(Cl)c(NCC4(C)CCOCC4)c3)c(Cl)cn2)CC1. The van der Waals surface area contributed by atoms with Gasteiger partial charge in [0, 0.05) is 68.5 Å². The third-order valence-corrected chi connectivity index (χ3v) is 8.03. The molecule has 7 nitrogen and oxygen atoms in total. The van der Waals surface area contributed by atoms with Crippen LogP contribution in [0.15, 0.2) is 24.5 Å². The summed E-state index contributed by atoms with van der Waals surface area (Å²) in [5.41, 5.74) is 2.80. The van der Waals surface area contributed by atoms with Gasteiger partial charge in [-0.1, -0.05) is 30.1 Å². The molecule has 1 aliphatic carbocycles. The summed E-state index contributed by atoms with van der Waals surface area (Å²) in [6, 6.07) is 5.35. The van der Waals surface area contributed by atoms with Crippen LogP contribution in [0.4, 0.5) is 11.5 Å². The van der Waals surface area contributed by atoms with Crippen LogP contribution in [0.5, 0.6) is 0 Å². The molecule has 1 saturated heterocycles. The van der Waals surface area contributed by atoms with Crippen molar-refractivity contribution in [2.24, 2.45) is 5.41 Å². The molecule has 0 spiro atoms. The fourth-order valence-electron chi connectivity index (χ4n) is 5.12. The van der Waals surface area contributed by atoms with Crippen LogP contribution in [0.3, 0.4) is 0 Å². The van der Waals surface area contributed by atoms with E-state index in [1.54, 1.807) is 19.5 Å². The highest BCUT2D eigenvalue weighted by atomic mass is 35.5. The lowest BCUT2D eigenvalue weighted by Crippen LogP contribution is -2.42. The van der Waals surface area contributed by atoms with Crippen LogP contribution in [0.1, 0.15) is 52.4 Å². The highest BCUT2D eigenvalue weighted by molar-refractivity contribution is 6.33. The van der Waals surface area contributed by atoms with Gasteiger partial charge in [0.1, 0.15) is 5.82 Å². The lowest BCUT2D eigenvalue weighted by atomic mass is 9.82. The third-order valence-electron chi connectivity index (χ3n) is 7.43. The fourth-order valence-corrected chi connectivity index (χ4v) is 5.50. The quantitative estimate of drug-likeness (QED) is 0.320. The van der Waals surface area contributed by atoms with E-state index in [0.717, 1.165) is 87.5 Å². The van der Waals surface area contributed by atoms with Crippen LogP contribution in [0, 0.1) is 5.41 Å². The zero-order chi connectivity index (χ0) is 25.5. The van der Waals surface area contributed by atoms with Crippen LogP contribution in [0.25, 0.3) is 11.1 Å². The van der Waals surface area contributed by atoms with Crippen LogP contribution < -0.4 is 16.0 Å². The smallest absolute Gasteiger partial charge is 0.152 e. The average molecular weight is 537 g/mol. The highest BCUT2D eigenvalue weighted by Gasteiger charge is 2.27. The van der Waals surface area contributed by atoms with Crippen molar-refractivity contribution < 1.29 is 9.47 Å². The molecule has 36 heavy (non-hydrogen) atoms. The molecule has 9 heteroatoms. The largest absolute Gasteiger partial charge is 0.383 e. The van der Waals surface area contributed by atoms with Crippen molar-refractivity contribution in [2.45, 2.75) is 70.5 Å². The molecule has 0 radical (unpaired) electrons. The van der Waals surface area contributed by atoms with Gasteiger partial charge in [0.15, 0.2) is 5.15 Å². The molecule has 0 bridgehead atoms. The molecule has 0 amide bonds. The Labute approximate surface area is 225 Å².